The topological polar surface area (TPSA) is 38.5 Å². The van der Waals surface area contributed by atoms with Crippen LogP contribution in [0.15, 0.2) is 24.3 Å². The largest absolute Gasteiger partial charge is 0.493 e. The van der Waals surface area contributed by atoms with Gasteiger partial charge in [-0.25, -0.2) is 0 Å². The number of nitrogens with two attached hydrogens (primary N) is 1. The van der Waals surface area contributed by atoms with Gasteiger partial charge in [-0.2, -0.15) is 0 Å². The average Bonchev–Trinajstić information content (AvgIpc) is 2.37. The average molecular weight is 262 g/mol. The van der Waals surface area contributed by atoms with Crippen LogP contribution >= 0.6 is 0 Å². The first kappa shape index (κ1) is 14.2. The molecule has 3 heteroatoms. The lowest BCUT2D eigenvalue weighted by Gasteiger charge is -2.39. The van der Waals surface area contributed by atoms with E-state index >= 15 is 0 Å². The van der Waals surface area contributed by atoms with Gasteiger partial charge in [-0.15, -0.1) is 0 Å². The number of nitrogens with zero attached hydrogens (tertiary/aromatic N) is 1. The van der Waals surface area contributed by atoms with Gasteiger partial charge in [0.25, 0.3) is 0 Å². The van der Waals surface area contributed by atoms with Gasteiger partial charge in [0.05, 0.1) is 6.61 Å². The second kappa shape index (κ2) is 6.80. The molecule has 0 aromatic heterocycles. The second-order valence-corrected chi connectivity index (χ2v) is 5.64. The number of anilines is 1. The molecule has 2 N–H and O–H groups in total. The van der Waals surface area contributed by atoms with Gasteiger partial charge in [0, 0.05) is 30.4 Å². The Morgan fingerprint density at radius 1 is 1.26 bits per heavy atom. The van der Waals surface area contributed by atoms with Crippen molar-refractivity contribution in [3.8, 4) is 5.75 Å². The number of hydrogen-bond donors (Lipinski definition) is 1. The number of likely N-dealkylation sites (tertiary alicyclic amines) is 1. The van der Waals surface area contributed by atoms with Gasteiger partial charge in [-0.1, -0.05) is 12.5 Å². The van der Waals surface area contributed by atoms with E-state index in [1.807, 2.05) is 24.3 Å². The van der Waals surface area contributed by atoms with Gasteiger partial charge in [0.2, 0.25) is 0 Å². The SMILES string of the molecule is CC1CCCC(C)N1CCCOc1cccc(N)c1. The highest BCUT2D eigenvalue weighted by molar-refractivity contribution is 5.43. The van der Waals surface area contributed by atoms with Gasteiger partial charge in [-0.05, 0) is 45.2 Å². The minimum absolute atomic E-state index is 0.719. The van der Waals surface area contributed by atoms with Crippen molar-refractivity contribution >= 4 is 5.69 Å². The van der Waals surface area contributed by atoms with Crippen LogP contribution in [0, 0.1) is 0 Å². The molecule has 2 rings (SSSR count). The number of benzene rings is 1. The Kier molecular flexibility index (Phi) is 5.08. The lowest BCUT2D eigenvalue weighted by atomic mass is 9.97. The molecule has 0 radical (unpaired) electrons. The molecule has 0 saturated carbocycles. The molecular formula is C16H26N2O. The van der Waals surface area contributed by atoms with E-state index in [1.165, 1.54) is 19.3 Å². The predicted molar refractivity (Wildman–Crippen MR) is 80.4 cm³/mol. The molecule has 1 aromatic carbocycles. The van der Waals surface area contributed by atoms with Crippen LogP contribution in [0.5, 0.6) is 5.75 Å². The van der Waals surface area contributed by atoms with E-state index in [1.54, 1.807) is 0 Å². The Bertz CT molecular complexity index is 384. The van der Waals surface area contributed by atoms with Crippen molar-refractivity contribution in [2.24, 2.45) is 0 Å². The van der Waals surface area contributed by atoms with E-state index in [4.69, 9.17) is 10.5 Å². The van der Waals surface area contributed by atoms with Crippen LogP contribution in [0.4, 0.5) is 5.69 Å². The van der Waals surface area contributed by atoms with Crippen LogP contribution in [0.1, 0.15) is 39.5 Å². The molecule has 1 saturated heterocycles. The Morgan fingerprint density at radius 3 is 2.68 bits per heavy atom. The highest BCUT2D eigenvalue weighted by Gasteiger charge is 2.23. The molecule has 19 heavy (non-hydrogen) atoms. The van der Waals surface area contributed by atoms with Gasteiger partial charge in [0.15, 0.2) is 0 Å². The Hall–Kier alpha value is -1.22. The third-order valence-electron chi connectivity index (χ3n) is 4.06. The summed E-state index contributed by atoms with van der Waals surface area (Å²) >= 11 is 0. The number of nitrogen functional groups attached to an aromatic ring is 1. The van der Waals surface area contributed by atoms with Gasteiger partial charge in [-0.3, -0.25) is 4.90 Å². The standard InChI is InChI=1S/C16H26N2O/c1-13-6-3-7-14(2)18(13)10-5-11-19-16-9-4-8-15(17)12-16/h4,8-9,12-14H,3,5-7,10-11,17H2,1-2H3. The van der Waals surface area contributed by atoms with Crippen LogP contribution < -0.4 is 10.5 Å². The summed E-state index contributed by atoms with van der Waals surface area (Å²) in [7, 11) is 0. The summed E-state index contributed by atoms with van der Waals surface area (Å²) in [5.74, 6) is 0.875. The van der Waals surface area contributed by atoms with E-state index in [9.17, 15) is 0 Å². The highest BCUT2D eigenvalue weighted by Crippen LogP contribution is 2.22. The van der Waals surface area contributed by atoms with Crippen molar-refractivity contribution in [3.05, 3.63) is 24.3 Å². The first-order valence-electron chi connectivity index (χ1n) is 7.41. The summed E-state index contributed by atoms with van der Waals surface area (Å²) in [4.78, 5) is 2.62. The maximum absolute atomic E-state index is 5.74. The van der Waals surface area contributed by atoms with Gasteiger partial charge >= 0.3 is 0 Å². The van der Waals surface area contributed by atoms with Crippen molar-refractivity contribution in [1.29, 1.82) is 0 Å². The molecule has 0 bridgehead atoms. The number of rotatable bonds is 5. The summed E-state index contributed by atoms with van der Waals surface area (Å²) < 4.78 is 5.74. The van der Waals surface area contributed by atoms with E-state index in [0.717, 1.165) is 43.1 Å². The molecule has 1 aliphatic heterocycles. The maximum atomic E-state index is 5.74. The number of piperidine rings is 1. The van der Waals surface area contributed by atoms with Gasteiger partial charge in [0.1, 0.15) is 5.75 Å². The van der Waals surface area contributed by atoms with Crippen molar-refractivity contribution in [2.45, 2.75) is 51.6 Å². The van der Waals surface area contributed by atoms with E-state index in [-0.39, 0.29) is 0 Å². The van der Waals surface area contributed by atoms with Crippen molar-refractivity contribution in [2.75, 3.05) is 18.9 Å². The number of ether oxygens (including phenoxy) is 1. The zero-order chi connectivity index (χ0) is 13.7. The molecule has 0 aliphatic carbocycles. The fourth-order valence-electron chi connectivity index (χ4n) is 2.96. The monoisotopic (exact) mass is 262 g/mol. The van der Waals surface area contributed by atoms with Crippen LogP contribution in [0.25, 0.3) is 0 Å². The molecule has 1 fully saturated rings. The molecule has 1 heterocycles. The van der Waals surface area contributed by atoms with Crippen LogP contribution in [-0.2, 0) is 0 Å². The normalized spacial score (nSPS) is 24.3. The molecule has 1 aliphatic rings. The molecular weight excluding hydrogens is 236 g/mol. The third-order valence-corrected chi connectivity index (χ3v) is 4.06. The van der Waals surface area contributed by atoms with Crippen molar-refractivity contribution < 1.29 is 4.74 Å². The molecule has 2 atom stereocenters. The summed E-state index contributed by atoms with van der Waals surface area (Å²) in [6.45, 7) is 6.58. The molecule has 3 nitrogen and oxygen atoms in total. The minimum Gasteiger partial charge on any atom is -0.493 e. The molecule has 0 spiro atoms. The first-order chi connectivity index (χ1) is 9.16. The molecule has 0 amide bonds. The Labute approximate surface area is 116 Å². The van der Waals surface area contributed by atoms with E-state index < -0.39 is 0 Å². The van der Waals surface area contributed by atoms with E-state index in [2.05, 4.69) is 18.7 Å². The lowest BCUT2D eigenvalue weighted by molar-refractivity contribution is 0.0961. The summed E-state index contributed by atoms with van der Waals surface area (Å²) in [6, 6.07) is 9.09. The van der Waals surface area contributed by atoms with Crippen molar-refractivity contribution in [1.82, 2.24) is 4.90 Å². The van der Waals surface area contributed by atoms with Crippen molar-refractivity contribution in [3.63, 3.8) is 0 Å². The van der Waals surface area contributed by atoms with Gasteiger partial charge < -0.3 is 10.5 Å². The maximum Gasteiger partial charge on any atom is 0.121 e. The summed E-state index contributed by atoms with van der Waals surface area (Å²) in [5.41, 5.74) is 6.49. The fourth-order valence-corrected chi connectivity index (χ4v) is 2.96. The molecule has 1 aromatic rings. The highest BCUT2D eigenvalue weighted by atomic mass is 16.5. The minimum atomic E-state index is 0.719. The smallest absolute Gasteiger partial charge is 0.121 e. The second-order valence-electron chi connectivity index (χ2n) is 5.64. The zero-order valence-corrected chi connectivity index (χ0v) is 12.1. The lowest BCUT2D eigenvalue weighted by Crippen LogP contribution is -2.44. The summed E-state index contributed by atoms with van der Waals surface area (Å²) in [5, 5.41) is 0. The quantitative estimate of drug-likeness (QED) is 0.653. The zero-order valence-electron chi connectivity index (χ0n) is 12.1. The fraction of sp³-hybridized carbons (Fsp3) is 0.625. The summed E-state index contributed by atoms with van der Waals surface area (Å²) in [6.07, 6.45) is 5.11. The third kappa shape index (κ3) is 4.13. The number of hydrogen-bond acceptors (Lipinski definition) is 3. The first-order valence-corrected chi connectivity index (χ1v) is 7.41. The molecule has 2 unspecified atom stereocenters. The predicted octanol–water partition coefficient (Wildman–Crippen LogP) is 3.30. The Balaban J connectivity index is 1.71. The van der Waals surface area contributed by atoms with Crippen LogP contribution in [-0.4, -0.2) is 30.1 Å². The van der Waals surface area contributed by atoms with Crippen LogP contribution in [0.3, 0.4) is 0 Å². The Morgan fingerprint density at radius 2 is 2.00 bits per heavy atom. The van der Waals surface area contributed by atoms with E-state index in [0.29, 0.717) is 0 Å². The van der Waals surface area contributed by atoms with Crippen LogP contribution in [0.2, 0.25) is 0 Å². The molecule has 106 valence electrons.